The molecule has 4 nitrogen and oxygen atoms in total. The van der Waals surface area contributed by atoms with Crippen molar-refractivity contribution in [3.8, 4) is 0 Å². The Hall–Kier alpha value is -0.550. The minimum Gasteiger partial charge on any atom is -0.338 e. The highest BCUT2D eigenvalue weighted by Crippen LogP contribution is 2.36. The number of hydrogen-bond acceptors (Lipinski definition) is 5. The summed E-state index contributed by atoms with van der Waals surface area (Å²) in [5, 5.41) is 7.91. The first-order valence-corrected chi connectivity index (χ1v) is 9.22. The van der Waals surface area contributed by atoms with Gasteiger partial charge in [-0.15, -0.1) is 11.8 Å². The molecule has 2 fully saturated rings. The second kappa shape index (κ2) is 6.29. The molecule has 0 aromatic carbocycles. The molecule has 2 heterocycles. The van der Waals surface area contributed by atoms with Crippen LogP contribution in [0.5, 0.6) is 0 Å². The van der Waals surface area contributed by atoms with Crippen molar-refractivity contribution >= 4 is 11.8 Å². The predicted molar refractivity (Wildman–Crippen MR) is 86.2 cm³/mol. The summed E-state index contributed by atoms with van der Waals surface area (Å²) in [5.41, 5.74) is 0. The molecular formula is C16H27N3OS. The van der Waals surface area contributed by atoms with E-state index in [2.05, 4.69) is 36.2 Å². The molecule has 0 radical (unpaired) electrons. The molecule has 0 spiro atoms. The van der Waals surface area contributed by atoms with Crippen LogP contribution in [0, 0.1) is 5.92 Å². The van der Waals surface area contributed by atoms with Crippen LogP contribution in [-0.4, -0.2) is 20.9 Å². The van der Waals surface area contributed by atoms with Crippen LogP contribution in [0.3, 0.4) is 0 Å². The van der Waals surface area contributed by atoms with E-state index < -0.39 is 0 Å². The molecule has 1 aromatic heterocycles. The maximum atomic E-state index is 5.51. The summed E-state index contributed by atoms with van der Waals surface area (Å²) >= 11 is 1.86. The standard InChI is InChI=1S/C16H27N3OS/c1-16(2,3)21-10-14-18-15(20-19-14)13-9-8-11-6-4-5-7-12(11)17-13/h11-13,17H,4-10H2,1-3H3. The highest BCUT2D eigenvalue weighted by atomic mass is 32.2. The zero-order valence-corrected chi connectivity index (χ0v) is 14.2. The molecule has 1 aromatic rings. The Bertz CT molecular complexity index is 468. The lowest BCUT2D eigenvalue weighted by Gasteiger charge is -2.39. The lowest BCUT2D eigenvalue weighted by Crippen LogP contribution is -2.44. The maximum absolute atomic E-state index is 5.51. The topological polar surface area (TPSA) is 51.0 Å². The van der Waals surface area contributed by atoms with E-state index in [0.717, 1.165) is 29.8 Å². The number of aromatic nitrogens is 2. The SMILES string of the molecule is CC(C)(C)SCc1noc(C2CCC3CCCCC3N2)n1. The second-order valence-electron chi connectivity index (χ2n) is 7.40. The second-order valence-corrected chi connectivity index (χ2v) is 9.20. The Morgan fingerprint density at radius 3 is 2.81 bits per heavy atom. The number of hydrogen-bond donors (Lipinski definition) is 1. The van der Waals surface area contributed by atoms with Gasteiger partial charge in [0.2, 0.25) is 5.89 Å². The van der Waals surface area contributed by atoms with E-state index in [1.807, 2.05) is 11.8 Å². The Morgan fingerprint density at radius 1 is 1.19 bits per heavy atom. The molecular weight excluding hydrogens is 282 g/mol. The zero-order valence-electron chi connectivity index (χ0n) is 13.4. The number of fused-ring (bicyclic) bond motifs is 1. The first-order chi connectivity index (χ1) is 10.0. The van der Waals surface area contributed by atoms with Crippen LogP contribution < -0.4 is 5.32 Å². The number of rotatable bonds is 3. The Labute approximate surface area is 131 Å². The minimum absolute atomic E-state index is 0.235. The quantitative estimate of drug-likeness (QED) is 0.911. The number of nitrogens with one attached hydrogen (secondary N) is 1. The van der Waals surface area contributed by atoms with E-state index in [1.165, 1.54) is 32.1 Å². The van der Waals surface area contributed by atoms with Crippen molar-refractivity contribution in [3.63, 3.8) is 0 Å². The summed E-state index contributed by atoms with van der Waals surface area (Å²) in [6.45, 7) is 6.64. The van der Waals surface area contributed by atoms with Crippen LogP contribution in [0.1, 0.15) is 77.1 Å². The largest absolute Gasteiger partial charge is 0.338 e. The molecule has 1 saturated carbocycles. The number of nitrogens with zero attached hydrogens (tertiary/aromatic N) is 2. The lowest BCUT2D eigenvalue weighted by molar-refractivity contribution is 0.158. The van der Waals surface area contributed by atoms with Crippen LogP contribution in [0.15, 0.2) is 4.52 Å². The van der Waals surface area contributed by atoms with Gasteiger partial charge in [-0.3, -0.25) is 0 Å². The van der Waals surface area contributed by atoms with Crippen LogP contribution in [0.4, 0.5) is 0 Å². The van der Waals surface area contributed by atoms with Gasteiger partial charge in [-0.25, -0.2) is 0 Å². The van der Waals surface area contributed by atoms with Crippen molar-refractivity contribution < 1.29 is 4.52 Å². The molecule has 0 amide bonds. The van der Waals surface area contributed by atoms with Crippen LogP contribution in [-0.2, 0) is 5.75 Å². The normalized spacial score (nSPS) is 30.1. The first kappa shape index (κ1) is 15.3. The summed E-state index contributed by atoms with van der Waals surface area (Å²) < 4.78 is 5.75. The maximum Gasteiger partial charge on any atom is 0.243 e. The summed E-state index contributed by atoms with van der Waals surface area (Å²) in [6, 6.07) is 0.932. The van der Waals surface area contributed by atoms with Crippen molar-refractivity contribution in [2.45, 2.75) is 81.9 Å². The van der Waals surface area contributed by atoms with Crippen molar-refractivity contribution in [1.29, 1.82) is 0 Å². The van der Waals surface area contributed by atoms with Gasteiger partial charge in [0.1, 0.15) is 0 Å². The van der Waals surface area contributed by atoms with Gasteiger partial charge in [0.25, 0.3) is 0 Å². The van der Waals surface area contributed by atoms with E-state index in [4.69, 9.17) is 4.52 Å². The van der Waals surface area contributed by atoms with Gasteiger partial charge in [-0.05, 0) is 31.6 Å². The molecule has 2 aliphatic rings. The van der Waals surface area contributed by atoms with Gasteiger partial charge in [0, 0.05) is 10.8 Å². The molecule has 1 saturated heterocycles. The molecule has 1 aliphatic heterocycles. The van der Waals surface area contributed by atoms with E-state index >= 15 is 0 Å². The fraction of sp³-hybridized carbons (Fsp3) is 0.875. The molecule has 3 atom stereocenters. The number of thioether (sulfide) groups is 1. The average Bonchev–Trinajstić information content (AvgIpc) is 2.93. The first-order valence-electron chi connectivity index (χ1n) is 8.24. The summed E-state index contributed by atoms with van der Waals surface area (Å²) in [6.07, 6.45) is 7.90. The number of piperidine rings is 1. The molecule has 1 aliphatic carbocycles. The van der Waals surface area contributed by atoms with Crippen molar-refractivity contribution in [2.75, 3.05) is 0 Å². The Balaban J connectivity index is 1.58. The van der Waals surface area contributed by atoms with E-state index in [-0.39, 0.29) is 10.8 Å². The van der Waals surface area contributed by atoms with E-state index in [0.29, 0.717) is 6.04 Å². The van der Waals surface area contributed by atoms with Crippen molar-refractivity contribution in [2.24, 2.45) is 5.92 Å². The third kappa shape index (κ3) is 4.01. The molecule has 21 heavy (non-hydrogen) atoms. The fourth-order valence-electron chi connectivity index (χ4n) is 3.44. The van der Waals surface area contributed by atoms with Gasteiger partial charge in [0.15, 0.2) is 5.82 Å². The van der Waals surface area contributed by atoms with Crippen molar-refractivity contribution in [3.05, 3.63) is 11.7 Å². The van der Waals surface area contributed by atoms with E-state index in [9.17, 15) is 0 Å². The van der Waals surface area contributed by atoms with Gasteiger partial charge in [0.05, 0.1) is 11.8 Å². The highest BCUT2D eigenvalue weighted by molar-refractivity contribution is 7.99. The minimum atomic E-state index is 0.235. The zero-order chi connectivity index (χ0) is 14.9. The summed E-state index contributed by atoms with van der Waals surface area (Å²) in [4.78, 5) is 4.61. The predicted octanol–water partition coefficient (Wildman–Crippen LogP) is 4.08. The van der Waals surface area contributed by atoms with Gasteiger partial charge in [-0.2, -0.15) is 4.98 Å². The lowest BCUT2D eigenvalue weighted by atomic mass is 9.78. The molecule has 5 heteroatoms. The third-order valence-corrected chi connectivity index (χ3v) is 5.84. The third-order valence-electron chi connectivity index (χ3n) is 4.57. The molecule has 0 bridgehead atoms. The van der Waals surface area contributed by atoms with E-state index in [1.54, 1.807) is 0 Å². The molecule has 3 unspecified atom stereocenters. The van der Waals surface area contributed by atoms with Crippen molar-refractivity contribution in [1.82, 2.24) is 15.5 Å². The van der Waals surface area contributed by atoms with Crippen LogP contribution >= 0.6 is 11.8 Å². The van der Waals surface area contributed by atoms with Gasteiger partial charge < -0.3 is 9.84 Å². The molecule has 1 N–H and O–H groups in total. The fourth-order valence-corrected chi connectivity index (χ4v) is 4.12. The monoisotopic (exact) mass is 309 g/mol. The molecule has 118 valence electrons. The Morgan fingerprint density at radius 2 is 2.00 bits per heavy atom. The summed E-state index contributed by atoms with van der Waals surface area (Å²) in [5.74, 6) is 3.32. The molecule has 3 rings (SSSR count). The van der Waals surface area contributed by atoms with Gasteiger partial charge in [-0.1, -0.05) is 38.8 Å². The average molecular weight is 309 g/mol. The smallest absolute Gasteiger partial charge is 0.243 e. The highest BCUT2D eigenvalue weighted by Gasteiger charge is 2.34. The van der Waals surface area contributed by atoms with Crippen LogP contribution in [0.25, 0.3) is 0 Å². The van der Waals surface area contributed by atoms with Crippen LogP contribution in [0.2, 0.25) is 0 Å². The summed E-state index contributed by atoms with van der Waals surface area (Å²) in [7, 11) is 0. The Kier molecular flexibility index (Phi) is 4.60. The van der Waals surface area contributed by atoms with Gasteiger partial charge >= 0.3 is 0 Å².